The molecule has 1 saturated heterocycles. The predicted octanol–water partition coefficient (Wildman–Crippen LogP) is 2.29. The zero-order chi connectivity index (χ0) is 14.9. The highest BCUT2D eigenvalue weighted by Gasteiger charge is 2.27. The van der Waals surface area contributed by atoms with E-state index >= 15 is 0 Å². The van der Waals surface area contributed by atoms with Crippen LogP contribution in [0.25, 0.3) is 5.65 Å². The summed E-state index contributed by atoms with van der Waals surface area (Å²) < 4.78 is 1.82. The Labute approximate surface area is 130 Å². The molecule has 0 bridgehead atoms. The second kappa shape index (κ2) is 5.83. The normalized spacial score (nSPS) is 23.0. The molecule has 4 rings (SSSR count). The van der Waals surface area contributed by atoms with E-state index in [4.69, 9.17) is 0 Å². The fourth-order valence-corrected chi connectivity index (χ4v) is 3.44. The number of hydrogen-bond donors (Lipinski definition) is 1. The SMILES string of the molecule is CCCN1CCCC(Nc2cc(C3CC3)nn3cnnc23)C1. The van der Waals surface area contributed by atoms with Gasteiger partial charge in [0.15, 0.2) is 0 Å². The van der Waals surface area contributed by atoms with Crippen molar-refractivity contribution in [3.63, 3.8) is 0 Å². The Morgan fingerprint density at radius 3 is 3.05 bits per heavy atom. The fourth-order valence-electron chi connectivity index (χ4n) is 3.44. The first-order valence-corrected chi connectivity index (χ1v) is 8.53. The van der Waals surface area contributed by atoms with Gasteiger partial charge in [-0.2, -0.15) is 9.61 Å². The molecule has 0 spiro atoms. The number of nitrogens with one attached hydrogen (secondary N) is 1. The molecule has 1 N–H and O–H groups in total. The van der Waals surface area contributed by atoms with Crippen molar-refractivity contribution in [2.45, 2.75) is 51.0 Å². The van der Waals surface area contributed by atoms with Gasteiger partial charge >= 0.3 is 0 Å². The van der Waals surface area contributed by atoms with Crippen LogP contribution in [0.4, 0.5) is 5.69 Å². The van der Waals surface area contributed by atoms with Crippen molar-refractivity contribution in [2.24, 2.45) is 0 Å². The minimum Gasteiger partial charge on any atom is -0.378 e. The highest BCUT2D eigenvalue weighted by atomic mass is 15.4. The predicted molar refractivity (Wildman–Crippen MR) is 86.1 cm³/mol. The maximum atomic E-state index is 4.64. The maximum Gasteiger partial charge on any atom is 0.200 e. The number of nitrogens with zero attached hydrogens (tertiary/aromatic N) is 5. The van der Waals surface area contributed by atoms with Crippen LogP contribution in [0, 0.1) is 0 Å². The molecule has 1 saturated carbocycles. The monoisotopic (exact) mass is 300 g/mol. The summed E-state index contributed by atoms with van der Waals surface area (Å²) in [4.78, 5) is 2.56. The van der Waals surface area contributed by atoms with Gasteiger partial charge in [0.2, 0.25) is 5.65 Å². The lowest BCUT2D eigenvalue weighted by molar-refractivity contribution is 0.217. The summed E-state index contributed by atoms with van der Waals surface area (Å²) in [5.41, 5.74) is 3.12. The van der Waals surface area contributed by atoms with Crippen molar-refractivity contribution in [1.29, 1.82) is 0 Å². The van der Waals surface area contributed by atoms with E-state index in [1.54, 1.807) is 6.33 Å². The van der Waals surface area contributed by atoms with E-state index in [0.29, 0.717) is 12.0 Å². The number of anilines is 1. The summed E-state index contributed by atoms with van der Waals surface area (Å²) in [7, 11) is 0. The third kappa shape index (κ3) is 2.79. The molecule has 22 heavy (non-hydrogen) atoms. The molecule has 2 aromatic heterocycles. The van der Waals surface area contributed by atoms with E-state index in [0.717, 1.165) is 17.9 Å². The zero-order valence-corrected chi connectivity index (χ0v) is 13.2. The van der Waals surface area contributed by atoms with Gasteiger partial charge in [-0.15, -0.1) is 10.2 Å². The molecule has 1 aliphatic heterocycles. The topological polar surface area (TPSA) is 58.4 Å². The largest absolute Gasteiger partial charge is 0.378 e. The van der Waals surface area contributed by atoms with Crippen LogP contribution in [0.5, 0.6) is 0 Å². The molecule has 0 aromatic carbocycles. The molecule has 2 aliphatic rings. The summed E-state index contributed by atoms with van der Waals surface area (Å²) in [5.74, 6) is 0.635. The van der Waals surface area contributed by atoms with Gasteiger partial charge in [-0.1, -0.05) is 6.92 Å². The smallest absolute Gasteiger partial charge is 0.200 e. The highest BCUT2D eigenvalue weighted by molar-refractivity contribution is 5.67. The van der Waals surface area contributed by atoms with Gasteiger partial charge in [0.1, 0.15) is 6.33 Å². The van der Waals surface area contributed by atoms with Crippen molar-refractivity contribution < 1.29 is 0 Å². The molecule has 1 aliphatic carbocycles. The average molecular weight is 300 g/mol. The highest BCUT2D eigenvalue weighted by Crippen LogP contribution is 2.40. The Hall–Kier alpha value is -1.69. The standard InChI is InChI=1S/C16H24N6/c1-2-7-21-8-3-4-13(10-21)18-15-9-14(12-5-6-12)20-22-11-17-19-16(15)22/h9,11-13,18H,2-8,10H2,1H3. The second-order valence-corrected chi connectivity index (χ2v) is 6.64. The lowest BCUT2D eigenvalue weighted by atomic mass is 10.1. The first kappa shape index (κ1) is 13.9. The van der Waals surface area contributed by atoms with E-state index in [1.165, 1.54) is 50.9 Å². The van der Waals surface area contributed by atoms with Gasteiger partial charge in [0, 0.05) is 18.5 Å². The van der Waals surface area contributed by atoms with Gasteiger partial charge in [0.25, 0.3) is 0 Å². The zero-order valence-electron chi connectivity index (χ0n) is 13.2. The summed E-state index contributed by atoms with van der Waals surface area (Å²) in [5, 5.41) is 16.6. The van der Waals surface area contributed by atoms with Crippen molar-refractivity contribution in [1.82, 2.24) is 24.7 Å². The van der Waals surface area contributed by atoms with Gasteiger partial charge in [-0.05, 0) is 51.3 Å². The third-order valence-electron chi connectivity index (χ3n) is 4.69. The van der Waals surface area contributed by atoms with Crippen molar-refractivity contribution in [3.8, 4) is 0 Å². The van der Waals surface area contributed by atoms with Crippen molar-refractivity contribution in [2.75, 3.05) is 25.0 Å². The van der Waals surface area contributed by atoms with Gasteiger partial charge < -0.3 is 10.2 Å². The van der Waals surface area contributed by atoms with Gasteiger partial charge in [-0.3, -0.25) is 0 Å². The van der Waals surface area contributed by atoms with E-state index in [1.807, 2.05) is 4.52 Å². The number of fused-ring (bicyclic) bond motifs is 1. The lowest BCUT2D eigenvalue weighted by Gasteiger charge is -2.33. The first-order valence-electron chi connectivity index (χ1n) is 8.53. The number of aromatic nitrogens is 4. The number of likely N-dealkylation sites (tertiary alicyclic amines) is 1. The molecule has 0 radical (unpaired) electrons. The maximum absolute atomic E-state index is 4.64. The number of piperidine rings is 1. The Morgan fingerprint density at radius 1 is 1.32 bits per heavy atom. The number of rotatable bonds is 5. The first-order chi connectivity index (χ1) is 10.8. The van der Waals surface area contributed by atoms with Crippen LogP contribution in [0.2, 0.25) is 0 Å². The van der Waals surface area contributed by atoms with Crippen molar-refractivity contribution in [3.05, 3.63) is 18.1 Å². The molecule has 1 atom stereocenters. The molecule has 2 fully saturated rings. The lowest BCUT2D eigenvalue weighted by Crippen LogP contribution is -2.42. The Bertz CT molecular complexity index is 645. The molecule has 0 amide bonds. The second-order valence-electron chi connectivity index (χ2n) is 6.64. The molecule has 118 valence electrons. The van der Waals surface area contributed by atoms with Gasteiger partial charge in [0.05, 0.1) is 11.4 Å². The van der Waals surface area contributed by atoms with Crippen molar-refractivity contribution >= 4 is 11.3 Å². The molecule has 3 heterocycles. The molecule has 1 unspecified atom stereocenters. The molecular formula is C16H24N6. The third-order valence-corrected chi connectivity index (χ3v) is 4.69. The fraction of sp³-hybridized carbons (Fsp3) is 0.688. The van der Waals surface area contributed by atoms with E-state index in [-0.39, 0.29) is 0 Å². The summed E-state index contributed by atoms with van der Waals surface area (Å²) >= 11 is 0. The Kier molecular flexibility index (Phi) is 3.70. The Balaban J connectivity index is 1.56. The van der Waals surface area contributed by atoms with Crippen LogP contribution in [-0.4, -0.2) is 50.4 Å². The van der Waals surface area contributed by atoms with E-state index in [2.05, 4.69) is 38.5 Å². The van der Waals surface area contributed by atoms with Crippen LogP contribution in [-0.2, 0) is 0 Å². The van der Waals surface area contributed by atoms with Crippen LogP contribution in [0.1, 0.15) is 50.6 Å². The summed E-state index contributed by atoms with van der Waals surface area (Å²) in [6.07, 6.45) is 7.93. The molecular weight excluding hydrogens is 276 g/mol. The molecule has 6 heteroatoms. The number of hydrogen-bond acceptors (Lipinski definition) is 5. The summed E-state index contributed by atoms with van der Waals surface area (Å²) in [6.45, 7) is 5.80. The van der Waals surface area contributed by atoms with Crippen LogP contribution in [0.3, 0.4) is 0 Å². The quantitative estimate of drug-likeness (QED) is 0.918. The van der Waals surface area contributed by atoms with Crippen LogP contribution >= 0.6 is 0 Å². The van der Waals surface area contributed by atoms with E-state index in [9.17, 15) is 0 Å². The summed E-state index contributed by atoms with van der Waals surface area (Å²) in [6, 6.07) is 2.69. The Morgan fingerprint density at radius 2 is 2.23 bits per heavy atom. The van der Waals surface area contributed by atoms with Gasteiger partial charge in [-0.25, -0.2) is 0 Å². The van der Waals surface area contributed by atoms with Crippen LogP contribution < -0.4 is 5.32 Å². The minimum atomic E-state index is 0.496. The molecule has 6 nitrogen and oxygen atoms in total. The molecule has 2 aromatic rings. The minimum absolute atomic E-state index is 0.496. The van der Waals surface area contributed by atoms with E-state index < -0.39 is 0 Å². The average Bonchev–Trinajstić information content (AvgIpc) is 3.26. The van der Waals surface area contributed by atoms with Crippen LogP contribution in [0.15, 0.2) is 12.4 Å².